The minimum atomic E-state index is -0.736. The summed E-state index contributed by atoms with van der Waals surface area (Å²) < 4.78 is 33.6. The first-order valence-electron chi connectivity index (χ1n) is 16.0. The number of benzene rings is 2. The molecule has 0 amide bonds. The number of methoxy groups -OCH3 is 1. The van der Waals surface area contributed by atoms with Crippen molar-refractivity contribution in [2.75, 3.05) is 95.5 Å². The van der Waals surface area contributed by atoms with Gasteiger partial charge in [-0.2, -0.15) is 4.98 Å². The lowest BCUT2D eigenvalue weighted by Crippen LogP contribution is -2.52. The molecule has 10 nitrogen and oxygen atoms in total. The maximum Gasteiger partial charge on any atom is 0.229 e. The van der Waals surface area contributed by atoms with Gasteiger partial charge in [0.1, 0.15) is 24.8 Å². The molecule has 0 radical (unpaired) electrons. The fraction of sp³-hybridized carbons (Fsp3) is 0.515. The number of piperazine rings is 1. The van der Waals surface area contributed by atoms with Gasteiger partial charge in [0.25, 0.3) is 0 Å². The zero-order valence-electron chi connectivity index (χ0n) is 27.3. The van der Waals surface area contributed by atoms with E-state index < -0.39 is 13.7 Å². The molecule has 2 N–H and O–H groups in total. The number of hydrogen-bond donors (Lipinski definition) is 2. The summed E-state index contributed by atoms with van der Waals surface area (Å²) in [5.41, 5.74) is 3.56. The highest BCUT2D eigenvalue weighted by Gasteiger charge is 2.29. The summed E-state index contributed by atoms with van der Waals surface area (Å²) in [6.45, 7) is 13.8. The lowest BCUT2D eigenvalue weighted by atomic mass is 9.99. The summed E-state index contributed by atoms with van der Waals surface area (Å²) in [5, 5.41) is 7.35. The first-order valence-corrected chi connectivity index (χ1v) is 19.0. The van der Waals surface area contributed by atoms with Crippen molar-refractivity contribution in [2.24, 2.45) is 0 Å². The smallest absolute Gasteiger partial charge is 0.229 e. The zero-order chi connectivity index (χ0) is 32.4. The van der Waals surface area contributed by atoms with Gasteiger partial charge in [-0.25, -0.2) is 9.37 Å². The summed E-state index contributed by atoms with van der Waals surface area (Å²) in [4.78, 5) is 16.8. The maximum atomic E-state index is 15.5. The van der Waals surface area contributed by atoms with Gasteiger partial charge in [-0.05, 0) is 67.2 Å². The standard InChI is InChI=1S/C33H44BrFN7O3P/c1-6-21-17-25(27(43-3)19-26(21)42-9-7-22(8-10-42)41-13-11-40(2)12-14-41)37-33-36-20-23(34)32(39-33)38-29-24(35)18-28-30(31(29)46(4)5)45-16-15-44-28/h17-20,22H,6-16H2,1-5H3,(H2,36,37,38,39). The van der Waals surface area contributed by atoms with Crippen LogP contribution in [0.25, 0.3) is 0 Å². The quantitative estimate of drug-likeness (QED) is 0.266. The third kappa shape index (κ3) is 7.00. The largest absolute Gasteiger partial charge is 0.494 e. The number of ether oxygens (including phenoxy) is 3. The molecule has 0 aliphatic carbocycles. The Bertz CT molecular complexity index is 1550. The molecule has 3 aromatic rings. The molecule has 0 unspecified atom stereocenters. The van der Waals surface area contributed by atoms with Crippen LogP contribution in [0.15, 0.2) is 28.9 Å². The number of halogens is 2. The Hall–Kier alpha value is -2.92. The molecule has 13 heteroatoms. The number of piperidine rings is 1. The van der Waals surface area contributed by atoms with Crippen LogP contribution in [-0.4, -0.2) is 106 Å². The Labute approximate surface area is 280 Å². The van der Waals surface area contributed by atoms with Crippen LogP contribution < -0.4 is 35.0 Å². The Morgan fingerprint density at radius 2 is 1.78 bits per heavy atom. The molecule has 0 spiro atoms. The van der Waals surface area contributed by atoms with Crippen molar-refractivity contribution in [3.05, 3.63) is 40.2 Å². The highest BCUT2D eigenvalue weighted by molar-refractivity contribution is 9.10. The van der Waals surface area contributed by atoms with Crippen molar-refractivity contribution in [3.63, 3.8) is 0 Å². The molecule has 3 aliphatic heterocycles. The molecule has 2 fully saturated rings. The van der Waals surface area contributed by atoms with Crippen molar-refractivity contribution < 1.29 is 18.6 Å². The number of aryl methyl sites for hydroxylation is 1. The second kappa shape index (κ2) is 14.5. The summed E-state index contributed by atoms with van der Waals surface area (Å²) in [6.07, 6.45) is 4.87. The average molecular weight is 717 g/mol. The molecule has 3 aliphatic rings. The number of nitrogens with one attached hydrogen (secondary N) is 2. The number of fused-ring (bicyclic) bond motifs is 1. The summed E-state index contributed by atoms with van der Waals surface area (Å²) >= 11 is 3.55. The van der Waals surface area contributed by atoms with E-state index in [1.165, 1.54) is 30.2 Å². The van der Waals surface area contributed by atoms with E-state index in [0.717, 1.165) is 62.4 Å². The lowest BCUT2D eigenvalue weighted by molar-refractivity contribution is 0.0982. The fourth-order valence-electron chi connectivity index (χ4n) is 6.55. The fourth-order valence-corrected chi connectivity index (χ4v) is 8.04. The highest BCUT2D eigenvalue weighted by atomic mass is 79.9. The number of anilines is 5. The molecule has 2 aromatic carbocycles. The molecule has 4 heterocycles. The van der Waals surface area contributed by atoms with Crippen molar-refractivity contribution in [2.45, 2.75) is 32.2 Å². The Morgan fingerprint density at radius 3 is 2.48 bits per heavy atom. The van der Waals surface area contributed by atoms with E-state index in [1.807, 2.05) is 0 Å². The van der Waals surface area contributed by atoms with E-state index in [2.05, 4.69) is 85.7 Å². The number of likely N-dealkylation sites (N-methyl/N-ethyl adjacent to an activating group) is 1. The first-order chi connectivity index (χ1) is 22.2. The monoisotopic (exact) mass is 715 g/mol. The molecule has 2 saturated heterocycles. The predicted molar refractivity (Wildman–Crippen MR) is 189 cm³/mol. The average Bonchev–Trinajstić information content (AvgIpc) is 3.06. The second-order valence-corrected chi connectivity index (χ2v) is 15.3. The van der Waals surface area contributed by atoms with Crippen LogP contribution in [0.2, 0.25) is 0 Å². The third-order valence-electron chi connectivity index (χ3n) is 9.08. The number of rotatable bonds is 9. The van der Waals surface area contributed by atoms with Crippen molar-refractivity contribution in [3.8, 4) is 17.2 Å². The van der Waals surface area contributed by atoms with E-state index >= 15 is 4.39 Å². The van der Waals surface area contributed by atoms with E-state index in [9.17, 15) is 0 Å². The van der Waals surface area contributed by atoms with Crippen LogP contribution in [0.5, 0.6) is 17.2 Å². The van der Waals surface area contributed by atoms with Crippen molar-refractivity contribution >= 4 is 58.0 Å². The molecule has 46 heavy (non-hydrogen) atoms. The summed E-state index contributed by atoms with van der Waals surface area (Å²) in [7, 11) is 3.16. The van der Waals surface area contributed by atoms with Crippen LogP contribution in [0.3, 0.4) is 0 Å². The number of aromatic nitrogens is 2. The molecule has 0 saturated carbocycles. The van der Waals surface area contributed by atoms with Gasteiger partial charge in [-0.15, -0.1) is 0 Å². The molecule has 0 atom stereocenters. The lowest BCUT2D eigenvalue weighted by Gasteiger charge is -2.43. The van der Waals surface area contributed by atoms with E-state index in [-0.39, 0.29) is 0 Å². The highest BCUT2D eigenvalue weighted by Crippen LogP contribution is 2.43. The first kappa shape index (κ1) is 33.0. The SMILES string of the molecule is CCc1cc(Nc2ncc(Br)c(Nc3c(F)cc4c(c3P(C)C)OCCO4)n2)c(OC)cc1N1CCC(N2CCN(C)CC2)CC1. The second-order valence-electron chi connectivity index (χ2n) is 12.2. The minimum absolute atomic E-state index is 0.331. The summed E-state index contributed by atoms with van der Waals surface area (Å²) in [6, 6.07) is 6.31. The van der Waals surface area contributed by atoms with Crippen molar-refractivity contribution in [1.29, 1.82) is 0 Å². The van der Waals surface area contributed by atoms with Gasteiger partial charge < -0.3 is 34.6 Å². The van der Waals surface area contributed by atoms with Gasteiger partial charge in [0, 0.05) is 74.6 Å². The molecular weight excluding hydrogens is 672 g/mol. The third-order valence-corrected chi connectivity index (χ3v) is 11.0. The van der Waals surface area contributed by atoms with Crippen LogP contribution in [-0.2, 0) is 6.42 Å². The van der Waals surface area contributed by atoms with E-state index in [0.29, 0.717) is 52.7 Å². The van der Waals surface area contributed by atoms with Crippen molar-refractivity contribution in [1.82, 2.24) is 19.8 Å². The topological polar surface area (TPSA) is 87.2 Å². The molecule has 0 bridgehead atoms. The molecular formula is C33H44BrFN7O3P. The minimum Gasteiger partial charge on any atom is -0.494 e. The Kier molecular flexibility index (Phi) is 10.4. The van der Waals surface area contributed by atoms with Gasteiger partial charge in [-0.1, -0.05) is 14.8 Å². The Morgan fingerprint density at radius 1 is 1.04 bits per heavy atom. The van der Waals surface area contributed by atoms with E-state index in [1.54, 1.807) is 13.3 Å². The van der Waals surface area contributed by atoms with Crippen LogP contribution in [0.1, 0.15) is 25.3 Å². The zero-order valence-corrected chi connectivity index (χ0v) is 29.8. The van der Waals surface area contributed by atoms with E-state index in [4.69, 9.17) is 19.2 Å². The molecule has 6 rings (SSSR count). The van der Waals surface area contributed by atoms with Gasteiger partial charge in [0.2, 0.25) is 5.95 Å². The molecule has 248 valence electrons. The van der Waals surface area contributed by atoms with Crippen LogP contribution in [0.4, 0.5) is 33.2 Å². The molecule has 1 aromatic heterocycles. The normalized spacial score (nSPS) is 17.8. The number of hydrogen-bond acceptors (Lipinski definition) is 10. The number of nitrogens with zero attached hydrogens (tertiary/aromatic N) is 5. The van der Waals surface area contributed by atoms with Gasteiger partial charge in [0.05, 0.1) is 23.0 Å². The van der Waals surface area contributed by atoms with Gasteiger partial charge in [0.15, 0.2) is 17.3 Å². The predicted octanol–water partition coefficient (Wildman–Crippen LogP) is 5.79. The maximum absolute atomic E-state index is 15.5. The van der Waals surface area contributed by atoms with Gasteiger partial charge >= 0.3 is 0 Å². The van der Waals surface area contributed by atoms with Crippen LogP contribution >= 0.6 is 23.9 Å². The summed E-state index contributed by atoms with van der Waals surface area (Å²) in [5.74, 6) is 2.12. The van der Waals surface area contributed by atoms with Gasteiger partial charge in [-0.3, -0.25) is 4.90 Å². The van der Waals surface area contributed by atoms with Crippen LogP contribution in [0, 0.1) is 5.82 Å². The Balaban J connectivity index is 1.22.